The van der Waals surface area contributed by atoms with E-state index in [1.807, 2.05) is 13.0 Å². The van der Waals surface area contributed by atoms with Crippen LogP contribution in [0.15, 0.2) is 11.8 Å². The first-order valence-electron chi connectivity index (χ1n) is 2.63. The van der Waals surface area contributed by atoms with Gasteiger partial charge in [-0.15, -0.1) is 0 Å². The molecule has 46 valence electrons. The number of allylic oxidation sites excluding steroid dienone is 1. The molecule has 1 heterocycles. The van der Waals surface area contributed by atoms with E-state index < -0.39 is 0 Å². The van der Waals surface area contributed by atoms with Crippen molar-refractivity contribution in [3.63, 3.8) is 0 Å². The Kier molecular flexibility index (Phi) is 1.50. The van der Waals surface area contributed by atoms with Crippen molar-refractivity contribution in [3.05, 3.63) is 11.8 Å². The van der Waals surface area contributed by atoms with Gasteiger partial charge < -0.3 is 5.73 Å². The van der Waals surface area contributed by atoms with Gasteiger partial charge in [0.1, 0.15) is 6.10 Å². The Balaban J connectivity index is 2.41. The molecule has 0 aliphatic carbocycles. The van der Waals surface area contributed by atoms with Crippen molar-refractivity contribution in [2.24, 2.45) is 5.73 Å². The third kappa shape index (κ3) is 0.993. The van der Waals surface area contributed by atoms with Gasteiger partial charge >= 0.3 is 0 Å². The van der Waals surface area contributed by atoms with Crippen molar-refractivity contribution in [2.45, 2.75) is 13.0 Å². The molecule has 0 saturated heterocycles. The Hall–Kier alpha value is -0.540. The molecule has 0 fully saturated rings. The summed E-state index contributed by atoms with van der Waals surface area (Å²) < 4.78 is 0. The van der Waals surface area contributed by atoms with E-state index in [0.717, 1.165) is 5.70 Å². The van der Waals surface area contributed by atoms with E-state index in [1.165, 1.54) is 0 Å². The molecule has 3 nitrogen and oxygen atoms in total. The van der Waals surface area contributed by atoms with Gasteiger partial charge in [0.15, 0.2) is 0 Å². The van der Waals surface area contributed by atoms with Gasteiger partial charge in [-0.05, 0) is 13.0 Å². The first kappa shape index (κ1) is 5.59. The maximum atomic E-state index is 5.29. The minimum Gasteiger partial charge on any atom is -0.328 e. The lowest BCUT2D eigenvalue weighted by atomic mass is 10.3. The maximum Gasteiger partial charge on any atom is 0.118 e. The van der Waals surface area contributed by atoms with E-state index in [2.05, 4.69) is 5.48 Å². The largest absolute Gasteiger partial charge is 0.328 e. The molecule has 0 amide bonds. The van der Waals surface area contributed by atoms with Crippen LogP contribution >= 0.6 is 0 Å². The van der Waals surface area contributed by atoms with Gasteiger partial charge in [-0.3, -0.25) is 10.3 Å². The molecule has 0 aromatic carbocycles. The molecule has 1 unspecified atom stereocenters. The highest BCUT2D eigenvalue weighted by atomic mass is 16.7. The minimum absolute atomic E-state index is 0.0787. The fourth-order valence-electron chi connectivity index (χ4n) is 0.632. The second-order valence-corrected chi connectivity index (χ2v) is 1.84. The molecule has 1 atom stereocenters. The molecule has 0 aromatic rings. The summed E-state index contributed by atoms with van der Waals surface area (Å²) in [6.07, 6.45) is 2.04. The molecule has 1 aliphatic rings. The number of rotatable bonds is 1. The highest BCUT2D eigenvalue weighted by Gasteiger charge is 2.09. The predicted octanol–water partition coefficient (Wildman–Crippen LogP) is -0.248. The van der Waals surface area contributed by atoms with Gasteiger partial charge in [-0.2, -0.15) is 0 Å². The lowest BCUT2D eigenvalue weighted by molar-refractivity contribution is 0.0477. The second kappa shape index (κ2) is 2.15. The number of nitrogens with two attached hydrogens (primary N) is 1. The van der Waals surface area contributed by atoms with Gasteiger partial charge in [0.2, 0.25) is 0 Å². The van der Waals surface area contributed by atoms with E-state index in [0.29, 0.717) is 6.54 Å². The van der Waals surface area contributed by atoms with E-state index >= 15 is 0 Å². The van der Waals surface area contributed by atoms with Crippen LogP contribution in [0.3, 0.4) is 0 Å². The zero-order valence-electron chi connectivity index (χ0n) is 4.85. The summed E-state index contributed by atoms with van der Waals surface area (Å²) in [5.41, 5.74) is 9.03. The van der Waals surface area contributed by atoms with Crippen LogP contribution in [0.5, 0.6) is 0 Å². The summed E-state index contributed by atoms with van der Waals surface area (Å²) in [5.74, 6) is 0. The highest BCUT2D eigenvalue weighted by molar-refractivity contribution is 5.02. The van der Waals surface area contributed by atoms with E-state index in [9.17, 15) is 0 Å². The van der Waals surface area contributed by atoms with E-state index in [-0.39, 0.29) is 6.10 Å². The zero-order chi connectivity index (χ0) is 5.98. The van der Waals surface area contributed by atoms with Crippen molar-refractivity contribution in [2.75, 3.05) is 6.54 Å². The van der Waals surface area contributed by atoms with E-state index in [1.54, 1.807) is 0 Å². The molecular formula is C5H10N2O. The fourth-order valence-corrected chi connectivity index (χ4v) is 0.632. The lowest BCUT2D eigenvalue weighted by Gasteiger charge is -2.00. The van der Waals surface area contributed by atoms with Gasteiger partial charge in [-0.25, -0.2) is 0 Å². The third-order valence-electron chi connectivity index (χ3n) is 1.04. The van der Waals surface area contributed by atoms with Crippen molar-refractivity contribution < 1.29 is 4.84 Å². The molecule has 0 saturated carbocycles. The highest BCUT2D eigenvalue weighted by Crippen LogP contribution is 2.02. The Morgan fingerprint density at radius 2 is 2.75 bits per heavy atom. The summed E-state index contributed by atoms with van der Waals surface area (Å²) in [5, 5.41) is 0. The molecule has 1 rings (SSSR count). The maximum absolute atomic E-state index is 5.29. The van der Waals surface area contributed by atoms with Gasteiger partial charge in [-0.1, -0.05) is 0 Å². The molecule has 3 heteroatoms. The van der Waals surface area contributed by atoms with Gasteiger partial charge in [0, 0.05) is 12.2 Å². The summed E-state index contributed by atoms with van der Waals surface area (Å²) in [6, 6.07) is 0. The quantitative estimate of drug-likeness (QED) is 0.494. The van der Waals surface area contributed by atoms with Crippen LogP contribution in [0.2, 0.25) is 0 Å². The topological polar surface area (TPSA) is 47.3 Å². The molecule has 0 spiro atoms. The number of hydrogen-bond acceptors (Lipinski definition) is 3. The summed E-state index contributed by atoms with van der Waals surface area (Å²) in [4.78, 5) is 4.95. The molecule has 0 radical (unpaired) electrons. The summed E-state index contributed by atoms with van der Waals surface area (Å²) in [7, 11) is 0. The second-order valence-electron chi connectivity index (χ2n) is 1.84. The molecule has 3 N–H and O–H groups in total. The molecule has 0 aromatic heterocycles. The fraction of sp³-hybridized carbons (Fsp3) is 0.600. The van der Waals surface area contributed by atoms with Crippen molar-refractivity contribution in [3.8, 4) is 0 Å². The SMILES string of the molecule is CC1=CC(CN)ON1. The minimum atomic E-state index is 0.0787. The summed E-state index contributed by atoms with van der Waals surface area (Å²) in [6.45, 7) is 2.49. The summed E-state index contributed by atoms with van der Waals surface area (Å²) >= 11 is 0. The Morgan fingerprint density at radius 3 is 3.00 bits per heavy atom. The van der Waals surface area contributed by atoms with Crippen LogP contribution in [-0.2, 0) is 4.84 Å². The first-order valence-corrected chi connectivity index (χ1v) is 2.63. The smallest absolute Gasteiger partial charge is 0.118 e. The molecule has 8 heavy (non-hydrogen) atoms. The average molecular weight is 114 g/mol. The standard InChI is InChI=1S/C5H10N2O/c1-4-2-5(3-6)8-7-4/h2,5,7H,3,6H2,1H3. The Bertz CT molecular complexity index is 111. The number of hydroxylamine groups is 1. The van der Waals surface area contributed by atoms with Crippen LogP contribution in [0.1, 0.15) is 6.92 Å². The number of nitrogens with one attached hydrogen (secondary N) is 1. The predicted molar refractivity (Wildman–Crippen MR) is 30.8 cm³/mol. The van der Waals surface area contributed by atoms with Crippen LogP contribution in [-0.4, -0.2) is 12.6 Å². The van der Waals surface area contributed by atoms with Gasteiger partial charge in [0.25, 0.3) is 0 Å². The monoisotopic (exact) mass is 114 g/mol. The van der Waals surface area contributed by atoms with Crippen LogP contribution in [0, 0.1) is 0 Å². The van der Waals surface area contributed by atoms with Crippen molar-refractivity contribution >= 4 is 0 Å². The molecular weight excluding hydrogens is 104 g/mol. The third-order valence-corrected chi connectivity index (χ3v) is 1.04. The van der Waals surface area contributed by atoms with Crippen molar-refractivity contribution in [1.29, 1.82) is 0 Å². The first-order chi connectivity index (χ1) is 3.83. The Labute approximate surface area is 48.5 Å². The van der Waals surface area contributed by atoms with Crippen LogP contribution < -0.4 is 11.2 Å². The lowest BCUT2D eigenvalue weighted by Crippen LogP contribution is -2.20. The van der Waals surface area contributed by atoms with Crippen LogP contribution in [0.4, 0.5) is 0 Å². The normalized spacial score (nSPS) is 27.2. The Morgan fingerprint density at radius 1 is 2.00 bits per heavy atom. The molecule has 0 bridgehead atoms. The van der Waals surface area contributed by atoms with E-state index in [4.69, 9.17) is 10.6 Å². The van der Waals surface area contributed by atoms with Crippen molar-refractivity contribution in [1.82, 2.24) is 5.48 Å². The van der Waals surface area contributed by atoms with Crippen LogP contribution in [0.25, 0.3) is 0 Å². The zero-order valence-corrected chi connectivity index (χ0v) is 4.85. The van der Waals surface area contributed by atoms with Gasteiger partial charge in [0.05, 0.1) is 0 Å². The molecule has 1 aliphatic heterocycles. The number of hydrogen-bond donors (Lipinski definition) is 2. The average Bonchev–Trinajstić information content (AvgIpc) is 2.14.